The van der Waals surface area contributed by atoms with Gasteiger partial charge in [0, 0.05) is 10.6 Å². The smallest absolute Gasteiger partial charge is 0.272 e. The van der Waals surface area contributed by atoms with Crippen LogP contribution in [0.2, 0.25) is 5.02 Å². The quantitative estimate of drug-likeness (QED) is 0.243. The Hall–Kier alpha value is -2.41. The maximum absolute atomic E-state index is 13.0. The van der Waals surface area contributed by atoms with Gasteiger partial charge in [-0.25, -0.2) is 4.98 Å². The summed E-state index contributed by atoms with van der Waals surface area (Å²) in [6, 6.07) is 18.4. The second-order valence-corrected chi connectivity index (χ2v) is 8.42. The van der Waals surface area contributed by atoms with E-state index >= 15 is 0 Å². The lowest BCUT2D eigenvalue weighted by molar-refractivity contribution is 0.102. The average molecular weight is 427 g/mol. The lowest BCUT2D eigenvalue weighted by atomic mass is 10.1. The molecule has 7 heteroatoms. The van der Waals surface area contributed by atoms with Crippen LogP contribution in [0.15, 0.2) is 76.0 Å². The fraction of sp³-hybridized carbons (Fsp3) is 0.0952. The fourth-order valence-electron chi connectivity index (χ4n) is 2.79. The number of hydrogen-bond acceptors (Lipinski definition) is 5. The Bertz CT molecular complexity index is 1180. The number of carbonyl (C=O) groups excluding carboxylic acids is 1. The predicted octanol–water partition coefficient (Wildman–Crippen LogP) is 5.13. The first kappa shape index (κ1) is 18.9. The molecule has 0 amide bonds. The highest BCUT2D eigenvalue weighted by Gasteiger charge is 2.15. The molecule has 0 aliphatic heterocycles. The average Bonchev–Trinajstić information content (AvgIpc) is 3.19. The maximum atomic E-state index is 13.0. The van der Waals surface area contributed by atoms with Crippen LogP contribution >= 0.6 is 34.7 Å². The van der Waals surface area contributed by atoms with Gasteiger partial charge in [-0.05, 0) is 41.3 Å². The van der Waals surface area contributed by atoms with E-state index in [2.05, 4.69) is 4.98 Å². The van der Waals surface area contributed by atoms with Crippen LogP contribution in [-0.2, 0) is 6.54 Å². The summed E-state index contributed by atoms with van der Waals surface area (Å²) in [4.78, 5) is 30.1. The van der Waals surface area contributed by atoms with Gasteiger partial charge in [-0.15, -0.1) is 11.3 Å². The zero-order valence-corrected chi connectivity index (χ0v) is 17.1. The highest BCUT2D eigenvalue weighted by atomic mass is 35.5. The van der Waals surface area contributed by atoms with E-state index in [0.717, 1.165) is 5.56 Å². The Morgan fingerprint density at radius 3 is 2.57 bits per heavy atom. The number of hydrogen-bond donors (Lipinski definition) is 0. The van der Waals surface area contributed by atoms with Crippen molar-refractivity contribution in [3.05, 3.63) is 92.5 Å². The number of rotatable bonds is 6. The van der Waals surface area contributed by atoms with Crippen molar-refractivity contribution >= 4 is 50.7 Å². The number of fused-ring (bicyclic) bond motifs is 1. The van der Waals surface area contributed by atoms with Gasteiger partial charge in [-0.2, -0.15) is 0 Å². The summed E-state index contributed by atoms with van der Waals surface area (Å²) in [6.45, 7) is 0.415. The minimum absolute atomic E-state index is 0.0346. The van der Waals surface area contributed by atoms with Crippen molar-refractivity contribution < 1.29 is 4.79 Å². The van der Waals surface area contributed by atoms with Gasteiger partial charge >= 0.3 is 0 Å². The molecule has 0 aliphatic carbocycles. The first-order chi connectivity index (χ1) is 13.6. The van der Waals surface area contributed by atoms with Crippen LogP contribution < -0.4 is 5.56 Å². The van der Waals surface area contributed by atoms with Crippen molar-refractivity contribution in [2.45, 2.75) is 11.7 Å². The van der Waals surface area contributed by atoms with Gasteiger partial charge < -0.3 is 0 Å². The molecule has 0 spiro atoms. The molecular formula is C21H15ClN2O2S2. The molecule has 2 aromatic heterocycles. The molecule has 2 heterocycles. The maximum Gasteiger partial charge on any atom is 0.272 e. The van der Waals surface area contributed by atoms with Gasteiger partial charge in [0.25, 0.3) is 5.56 Å². The van der Waals surface area contributed by atoms with Crippen molar-refractivity contribution in [3.63, 3.8) is 0 Å². The molecule has 0 aliphatic rings. The first-order valence-electron chi connectivity index (χ1n) is 8.55. The molecule has 4 nitrogen and oxygen atoms in total. The van der Waals surface area contributed by atoms with Crippen LogP contribution in [0.25, 0.3) is 10.2 Å². The fourth-order valence-corrected chi connectivity index (χ4v) is 4.59. The molecular weight excluding hydrogens is 412 g/mol. The number of Topliss-reactive ketones (excluding diaryl/α,β-unsaturated/α-hetero) is 1. The van der Waals surface area contributed by atoms with Gasteiger partial charge in [-0.1, -0.05) is 53.7 Å². The third-order valence-corrected chi connectivity index (χ3v) is 6.33. The number of nitrogens with zero attached hydrogens (tertiary/aromatic N) is 2. The molecule has 28 heavy (non-hydrogen) atoms. The van der Waals surface area contributed by atoms with Crippen LogP contribution in [0.4, 0.5) is 0 Å². The normalized spacial score (nSPS) is 11.0. The Balaban J connectivity index is 1.65. The van der Waals surface area contributed by atoms with E-state index in [4.69, 9.17) is 11.6 Å². The monoisotopic (exact) mass is 426 g/mol. The van der Waals surface area contributed by atoms with E-state index in [1.807, 2.05) is 41.8 Å². The Morgan fingerprint density at radius 2 is 1.82 bits per heavy atom. The number of thiophene rings is 1. The van der Waals surface area contributed by atoms with E-state index < -0.39 is 0 Å². The molecule has 0 fully saturated rings. The number of halogens is 1. The highest BCUT2D eigenvalue weighted by molar-refractivity contribution is 7.99. The molecule has 140 valence electrons. The topological polar surface area (TPSA) is 52.0 Å². The Kier molecular flexibility index (Phi) is 5.62. The lowest BCUT2D eigenvalue weighted by Crippen LogP contribution is -2.23. The minimum Gasteiger partial charge on any atom is -0.293 e. The van der Waals surface area contributed by atoms with Gasteiger partial charge in [0.1, 0.15) is 4.70 Å². The molecule has 0 radical (unpaired) electrons. The third kappa shape index (κ3) is 4.04. The largest absolute Gasteiger partial charge is 0.293 e. The van der Waals surface area contributed by atoms with Crippen LogP contribution in [0.1, 0.15) is 15.9 Å². The first-order valence-corrected chi connectivity index (χ1v) is 10.8. The van der Waals surface area contributed by atoms with E-state index in [1.165, 1.54) is 23.1 Å². The van der Waals surface area contributed by atoms with Crippen LogP contribution in [0.3, 0.4) is 0 Å². The summed E-state index contributed by atoms with van der Waals surface area (Å²) in [5.74, 6) is 0.158. The SMILES string of the molecule is O=C(CSc1nc2ccsc2c(=O)n1Cc1ccccc1)c1ccc(Cl)cc1. The van der Waals surface area contributed by atoms with Gasteiger partial charge in [0.15, 0.2) is 10.9 Å². The van der Waals surface area contributed by atoms with Crippen LogP contribution in [-0.4, -0.2) is 21.1 Å². The Labute approximate surface area is 174 Å². The molecule has 0 saturated carbocycles. The molecule has 4 aromatic rings. The van der Waals surface area contributed by atoms with Crippen molar-refractivity contribution in [1.82, 2.24) is 9.55 Å². The second-order valence-electron chi connectivity index (χ2n) is 6.12. The summed E-state index contributed by atoms with van der Waals surface area (Å²) >= 11 is 8.55. The molecule has 0 saturated heterocycles. The molecule has 4 rings (SSSR count). The van der Waals surface area contributed by atoms with Crippen molar-refractivity contribution in [2.75, 3.05) is 5.75 Å². The molecule has 0 unspecified atom stereocenters. The van der Waals surface area contributed by atoms with Crippen molar-refractivity contribution in [1.29, 1.82) is 0 Å². The van der Waals surface area contributed by atoms with E-state index in [9.17, 15) is 9.59 Å². The molecule has 0 bridgehead atoms. The van der Waals surface area contributed by atoms with E-state index in [1.54, 1.807) is 28.8 Å². The standard InChI is InChI=1S/C21H15ClN2O2S2/c22-16-8-6-15(7-9-16)18(25)13-28-21-23-17-10-11-27-19(17)20(26)24(21)12-14-4-2-1-3-5-14/h1-11H,12-13H2. The summed E-state index contributed by atoms with van der Waals surface area (Å²) in [6.07, 6.45) is 0. The van der Waals surface area contributed by atoms with E-state index in [0.29, 0.717) is 32.5 Å². The molecule has 0 N–H and O–H groups in total. The van der Waals surface area contributed by atoms with Gasteiger partial charge in [0.05, 0.1) is 17.8 Å². The van der Waals surface area contributed by atoms with E-state index in [-0.39, 0.29) is 17.1 Å². The van der Waals surface area contributed by atoms with Crippen molar-refractivity contribution in [3.8, 4) is 0 Å². The summed E-state index contributed by atoms with van der Waals surface area (Å²) in [5, 5.41) is 2.99. The van der Waals surface area contributed by atoms with Crippen LogP contribution in [0, 0.1) is 0 Å². The lowest BCUT2D eigenvalue weighted by Gasteiger charge is -2.12. The summed E-state index contributed by atoms with van der Waals surface area (Å²) in [5.41, 5.74) is 2.18. The Morgan fingerprint density at radius 1 is 1.07 bits per heavy atom. The number of benzene rings is 2. The molecule has 0 atom stereocenters. The minimum atomic E-state index is -0.0784. The number of carbonyl (C=O) groups is 1. The molecule has 2 aromatic carbocycles. The zero-order valence-electron chi connectivity index (χ0n) is 14.7. The van der Waals surface area contributed by atoms with Crippen molar-refractivity contribution in [2.24, 2.45) is 0 Å². The number of ketones is 1. The van der Waals surface area contributed by atoms with Crippen LogP contribution in [0.5, 0.6) is 0 Å². The predicted molar refractivity (Wildman–Crippen MR) is 116 cm³/mol. The second kappa shape index (κ2) is 8.31. The number of thioether (sulfide) groups is 1. The summed E-state index contributed by atoms with van der Waals surface area (Å²) in [7, 11) is 0. The van der Waals surface area contributed by atoms with Gasteiger partial charge in [0.2, 0.25) is 0 Å². The van der Waals surface area contributed by atoms with Gasteiger partial charge in [-0.3, -0.25) is 14.2 Å². The highest BCUT2D eigenvalue weighted by Crippen LogP contribution is 2.23. The zero-order chi connectivity index (χ0) is 19.5. The summed E-state index contributed by atoms with van der Waals surface area (Å²) < 4.78 is 2.28. The third-order valence-electron chi connectivity index (χ3n) is 4.21. The number of aromatic nitrogens is 2.